The summed E-state index contributed by atoms with van der Waals surface area (Å²) in [5.41, 5.74) is 1.06. The number of carbonyl (C=O) groups excluding carboxylic acids is 2. The van der Waals surface area contributed by atoms with E-state index in [9.17, 15) is 14.4 Å². The normalized spacial score (nSPS) is 21.6. The van der Waals surface area contributed by atoms with Crippen molar-refractivity contribution >= 4 is 17.8 Å². The summed E-state index contributed by atoms with van der Waals surface area (Å²) >= 11 is 0. The van der Waals surface area contributed by atoms with Crippen molar-refractivity contribution in [2.75, 3.05) is 13.2 Å². The first-order valence-corrected chi connectivity index (χ1v) is 10.0. The highest BCUT2D eigenvalue weighted by molar-refractivity contribution is 5.80. The van der Waals surface area contributed by atoms with E-state index in [4.69, 9.17) is 9.84 Å². The maximum Gasteiger partial charge on any atom is 0.306 e. The minimum Gasteiger partial charge on any atom is -0.484 e. The molecule has 0 spiro atoms. The molecule has 2 unspecified atom stereocenters. The molecule has 0 aromatic heterocycles. The lowest BCUT2D eigenvalue weighted by Gasteiger charge is -2.25. The quantitative estimate of drug-likeness (QED) is 0.599. The second-order valence-corrected chi connectivity index (χ2v) is 7.71. The molecule has 28 heavy (non-hydrogen) atoms. The zero-order valence-corrected chi connectivity index (χ0v) is 16.0. The summed E-state index contributed by atoms with van der Waals surface area (Å²) in [6, 6.07) is 7.81. The van der Waals surface area contributed by atoms with E-state index < -0.39 is 11.9 Å². The molecule has 0 saturated heterocycles. The maximum absolute atomic E-state index is 12.3. The number of carbonyl (C=O) groups is 3. The van der Waals surface area contributed by atoms with Crippen molar-refractivity contribution in [2.24, 2.45) is 11.8 Å². The standard InChI is InChI=1S/C21H28N2O5/c24-19(23-17-6-7-17)13-28-18-8-4-14(5-9-18)10-11-22-20(25)15-2-1-3-16(12-15)21(26)27/h4-5,8-9,15-17H,1-3,6-7,10-13H2,(H,22,25)(H,23,24)(H,26,27). The third-order valence-electron chi connectivity index (χ3n) is 5.34. The highest BCUT2D eigenvalue weighted by Crippen LogP contribution is 2.29. The number of rotatable bonds is 9. The van der Waals surface area contributed by atoms with Crippen LogP contribution in [-0.2, 0) is 20.8 Å². The van der Waals surface area contributed by atoms with Gasteiger partial charge in [0.05, 0.1) is 5.92 Å². The Morgan fingerprint density at radius 1 is 1.04 bits per heavy atom. The van der Waals surface area contributed by atoms with E-state index in [1.54, 1.807) is 0 Å². The number of amides is 2. The van der Waals surface area contributed by atoms with Gasteiger partial charge in [0, 0.05) is 18.5 Å². The number of hydrogen-bond acceptors (Lipinski definition) is 4. The van der Waals surface area contributed by atoms with Crippen molar-refractivity contribution in [3.8, 4) is 5.75 Å². The molecule has 0 aliphatic heterocycles. The average Bonchev–Trinajstić information content (AvgIpc) is 3.51. The minimum atomic E-state index is -0.801. The van der Waals surface area contributed by atoms with Crippen LogP contribution < -0.4 is 15.4 Å². The Hall–Kier alpha value is -2.57. The van der Waals surface area contributed by atoms with Crippen LogP contribution in [0.3, 0.4) is 0 Å². The zero-order chi connectivity index (χ0) is 19.9. The van der Waals surface area contributed by atoms with Gasteiger partial charge in [-0.1, -0.05) is 18.6 Å². The van der Waals surface area contributed by atoms with Crippen LogP contribution in [0.25, 0.3) is 0 Å². The molecular formula is C21H28N2O5. The fourth-order valence-electron chi connectivity index (χ4n) is 3.52. The lowest BCUT2D eigenvalue weighted by atomic mass is 9.81. The topological polar surface area (TPSA) is 105 Å². The van der Waals surface area contributed by atoms with E-state index in [1.807, 2.05) is 24.3 Å². The summed E-state index contributed by atoms with van der Waals surface area (Å²) < 4.78 is 5.47. The minimum absolute atomic E-state index is 0.0185. The summed E-state index contributed by atoms with van der Waals surface area (Å²) in [6.45, 7) is 0.529. The SMILES string of the molecule is O=C(COc1ccc(CCNC(=O)C2CCCC(C(=O)O)C2)cc1)NC1CC1. The Balaban J connectivity index is 1.35. The van der Waals surface area contributed by atoms with Gasteiger partial charge in [0.1, 0.15) is 5.75 Å². The molecule has 2 saturated carbocycles. The smallest absolute Gasteiger partial charge is 0.306 e. The van der Waals surface area contributed by atoms with Crippen LogP contribution in [0.2, 0.25) is 0 Å². The molecule has 7 heteroatoms. The number of aliphatic carboxylic acids is 1. The fourth-order valence-corrected chi connectivity index (χ4v) is 3.52. The summed E-state index contributed by atoms with van der Waals surface area (Å²) in [5.74, 6) is -0.906. The summed E-state index contributed by atoms with van der Waals surface area (Å²) in [4.78, 5) is 35.0. The average molecular weight is 388 g/mol. The number of carboxylic acid groups (broad SMARTS) is 1. The zero-order valence-electron chi connectivity index (χ0n) is 16.0. The van der Waals surface area contributed by atoms with Crippen molar-refractivity contribution in [1.82, 2.24) is 10.6 Å². The van der Waals surface area contributed by atoms with Crippen molar-refractivity contribution in [1.29, 1.82) is 0 Å². The van der Waals surface area contributed by atoms with Crippen molar-refractivity contribution in [3.05, 3.63) is 29.8 Å². The molecule has 2 aliphatic carbocycles. The highest BCUT2D eigenvalue weighted by atomic mass is 16.5. The Kier molecular flexibility index (Phi) is 6.90. The molecule has 3 N–H and O–H groups in total. The molecular weight excluding hydrogens is 360 g/mol. The van der Waals surface area contributed by atoms with Crippen molar-refractivity contribution < 1.29 is 24.2 Å². The Bertz CT molecular complexity index is 699. The van der Waals surface area contributed by atoms with Crippen LogP contribution in [0, 0.1) is 11.8 Å². The number of ether oxygens (including phenoxy) is 1. The van der Waals surface area contributed by atoms with Gasteiger partial charge in [-0.3, -0.25) is 14.4 Å². The third-order valence-corrected chi connectivity index (χ3v) is 5.34. The van der Waals surface area contributed by atoms with E-state index in [1.165, 1.54) is 0 Å². The first-order valence-electron chi connectivity index (χ1n) is 10.0. The molecule has 1 aromatic carbocycles. The molecule has 3 rings (SSSR count). The first kappa shape index (κ1) is 20.2. The number of carboxylic acids is 1. The highest BCUT2D eigenvalue weighted by Gasteiger charge is 2.30. The maximum atomic E-state index is 12.3. The molecule has 0 bridgehead atoms. The molecule has 0 radical (unpaired) electrons. The van der Waals surface area contributed by atoms with Gasteiger partial charge in [-0.15, -0.1) is 0 Å². The van der Waals surface area contributed by atoms with Gasteiger partial charge in [0.15, 0.2) is 6.61 Å². The summed E-state index contributed by atoms with van der Waals surface area (Å²) in [5, 5.41) is 14.9. The van der Waals surface area contributed by atoms with Crippen LogP contribution in [0.15, 0.2) is 24.3 Å². The van der Waals surface area contributed by atoms with E-state index in [2.05, 4.69) is 10.6 Å². The molecule has 7 nitrogen and oxygen atoms in total. The van der Waals surface area contributed by atoms with Crippen molar-refractivity contribution in [3.63, 3.8) is 0 Å². The van der Waals surface area contributed by atoms with Gasteiger partial charge in [-0.25, -0.2) is 0 Å². The van der Waals surface area contributed by atoms with Crippen molar-refractivity contribution in [2.45, 2.75) is 51.0 Å². The Morgan fingerprint density at radius 2 is 1.75 bits per heavy atom. The fraction of sp³-hybridized carbons (Fsp3) is 0.571. The Morgan fingerprint density at radius 3 is 2.43 bits per heavy atom. The molecule has 2 aliphatic rings. The molecule has 0 heterocycles. The Labute approximate surface area is 164 Å². The summed E-state index contributed by atoms with van der Waals surface area (Å²) in [6.07, 6.45) is 5.43. The number of benzene rings is 1. The van der Waals surface area contributed by atoms with Gasteiger partial charge in [0.2, 0.25) is 5.91 Å². The predicted octanol–water partition coefficient (Wildman–Crippen LogP) is 1.89. The second kappa shape index (κ2) is 9.57. The van der Waals surface area contributed by atoms with Gasteiger partial charge < -0.3 is 20.5 Å². The molecule has 152 valence electrons. The van der Waals surface area contributed by atoms with Gasteiger partial charge in [-0.05, 0) is 56.2 Å². The van der Waals surface area contributed by atoms with E-state index in [0.717, 1.165) is 31.2 Å². The molecule has 2 fully saturated rings. The van der Waals surface area contributed by atoms with Crippen LogP contribution in [-0.4, -0.2) is 42.1 Å². The number of nitrogens with one attached hydrogen (secondary N) is 2. The monoisotopic (exact) mass is 388 g/mol. The molecule has 2 atom stereocenters. The molecule has 1 aromatic rings. The van der Waals surface area contributed by atoms with E-state index >= 15 is 0 Å². The lowest BCUT2D eigenvalue weighted by Crippen LogP contribution is -2.36. The third kappa shape index (κ3) is 6.25. The van der Waals surface area contributed by atoms with E-state index in [-0.39, 0.29) is 24.3 Å². The van der Waals surface area contributed by atoms with Crippen LogP contribution >= 0.6 is 0 Å². The lowest BCUT2D eigenvalue weighted by molar-refractivity contribution is -0.144. The first-order chi connectivity index (χ1) is 13.5. The predicted molar refractivity (Wildman–Crippen MR) is 103 cm³/mol. The summed E-state index contributed by atoms with van der Waals surface area (Å²) in [7, 11) is 0. The van der Waals surface area contributed by atoms with Gasteiger partial charge in [0.25, 0.3) is 5.91 Å². The number of hydrogen-bond donors (Lipinski definition) is 3. The van der Waals surface area contributed by atoms with Gasteiger partial charge in [-0.2, -0.15) is 0 Å². The van der Waals surface area contributed by atoms with Gasteiger partial charge >= 0.3 is 5.97 Å². The largest absolute Gasteiger partial charge is 0.484 e. The van der Waals surface area contributed by atoms with E-state index in [0.29, 0.717) is 37.6 Å². The molecule has 2 amide bonds. The van der Waals surface area contributed by atoms with Crippen LogP contribution in [0.4, 0.5) is 0 Å². The second-order valence-electron chi connectivity index (χ2n) is 7.71. The van der Waals surface area contributed by atoms with Crippen LogP contribution in [0.1, 0.15) is 44.1 Å². The van der Waals surface area contributed by atoms with Crippen LogP contribution in [0.5, 0.6) is 5.75 Å².